The van der Waals surface area contributed by atoms with Crippen molar-refractivity contribution in [3.63, 3.8) is 0 Å². The molecule has 1 aromatic heterocycles. The van der Waals surface area contributed by atoms with Crippen LogP contribution in [0.25, 0.3) is 0 Å². The Morgan fingerprint density at radius 3 is 2.59 bits per heavy atom. The van der Waals surface area contributed by atoms with Crippen LogP contribution in [-0.4, -0.2) is 22.1 Å². The number of amides is 1. The van der Waals surface area contributed by atoms with Crippen LogP contribution in [0.15, 0.2) is 63.4 Å². The molecule has 29 heavy (non-hydrogen) atoms. The molecule has 0 radical (unpaired) electrons. The standard InChI is InChI=1S/C22H21N3O2S2/c1-13-5-3-4-6-15(13)12-29-22-24-20-19(21(27)25-22)17(11-18(26)23-20)14-7-9-16(28-2)10-8-14/h3-10,17H,11-12H2,1-2H3,(H2,23,24,25,26,27). The van der Waals surface area contributed by atoms with Crippen molar-refractivity contribution in [1.29, 1.82) is 0 Å². The summed E-state index contributed by atoms with van der Waals surface area (Å²) in [5, 5.41) is 3.30. The lowest BCUT2D eigenvalue weighted by Gasteiger charge is -2.24. The zero-order valence-electron chi connectivity index (χ0n) is 16.2. The lowest BCUT2D eigenvalue weighted by atomic mass is 9.87. The number of anilines is 1. The third-order valence-corrected chi connectivity index (χ3v) is 6.74. The van der Waals surface area contributed by atoms with Crippen molar-refractivity contribution in [3.8, 4) is 0 Å². The molecule has 0 saturated carbocycles. The lowest BCUT2D eigenvalue weighted by molar-refractivity contribution is -0.116. The fraction of sp³-hybridized carbons (Fsp3) is 0.227. The molecule has 0 bridgehead atoms. The van der Waals surface area contributed by atoms with Crippen molar-refractivity contribution >= 4 is 35.2 Å². The van der Waals surface area contributed by atoms with E-state index in [-0.39, 0.29) is 23.8 Å². The third-order valence-electron chi connectivity index (χ3n) is 5.07. The number of thioether (sulfide) groups is 2. The molecular weight excluding hydrogens is 402 g/mol. The molecule has 3 aromatic rings. The number of aromatic nitrogens is 2. The first-order valence-corrected chi connectivity index (χ1v) is 11.5. The first-order chi connectivity index (χ1) is 14.0. The third kappa shape index (κ3) is 4.26. The Kier molecular flexibility index (Phi) is 5.78. The van der Waals surface area contributed by atoms with Crippen molar-refractivity contribution in [1.82, 2.24) is 9.97 Å². The molecule has 1 atom stereocenters. The molecule has 2 N–H and O–H groups in total. The van der Waals surface area contributed by atoms with Crippen LogP contribution in [-0.2, 0) is 10.5 Å². The number of rotatable bonds is 5. The second kappa shape index (κ2) is 8.47. The molecule has 2 aromatic carbocycles. The molecule has 0 spiro atoms. The number of carbonyl (C=O) groups is 1. The van der Waals surface area contributed by atoms with Gasteiger partial charge in [-0.1, -0.05) is 48.2 Å². The van der Waals surface area contributed by atoms with Crippen molar-refractivity contribution < 1.29 is 4.79 Å². The van der Waals surface area contributed by atoms with Crippen LogP contribution in [0.2, 0.25) is 0 Å². The number of carbonyl (C=O) groups excluding carboxylic acids is 1. The van der Waals surface area contributed by atoms with E-state index in [1.807, 2.05) is 42.7 Å². The number of aryl methyl sites for hydroxylation is 1. The maximum Gasteiger partial charge on any atom is 0.257 e. The number of nitrogens with one attached hydrogen (secondary N) is 2. The molecule has 1 amide bonds. The first-order valence-electron chi connectivity index (χ1n) is 9.30. The van der Waals surface area contributed by atoms with Gasteiger partial charge in [0, 0.05) is 23.0 Å². The van der Waals surface area contributed by atoms with Crippen LogP contribution in [0.1, 0.15) is 34.6 Å². The fourth-order valence-electron chi connectivity index (χ4n) is 3.46. The summed E-state index contributed by atoms with van der Waals surface area (Å²) in [7, 11) is 0. The van der Waals surface area contributed by atoms with Gasteiger partial charge in [-0.25, -0.2) is 4.98 Å². The maximum absolute atomic E-state index is 12.9. The minimum Gasteiger partial charge on any atom is -0.310 e. The van der Waals surface area contributed by atoms with E-state index in [1.54, 1.807) is 11.8 Å². The minimum atomic E-state index is -0.290. The zero-order valence-corrected chi connectivity index (χ0v) is 17.8. The number of nitrogens with zero attached hydrogens (tertiary/aromatic N) is 1. The largest absolute Gasteiger partial charge is 0.310 e. The predicted octanol–water partition coefficient (Wildman–Crippen LogP) is 4.57. The van der Waals surface area contributed by atoms with Crippen LogP contribution < -0.4 is 10.9 Å². The smallest absolute Gasteiger partial charge is 0.257 e. The zero-order chi connectivity index (χ0) is 20.4. The highest BCUT2D eigenvalue weighted by molar-refractivity contribution is 7.98. The van der Waals surface area contributed by atoms with Crippen LogP contribution in [0.5, 0.6) is 0 Å². The summed E-state index contributed by atoms with van der Waals surface area (Å²) in [4.78, 5) is 33.8. The number of hydrogen-bond acceptors (Lipinski definition) is 5. The Balaban J connectivity index is 1.64. The Labute approximate surface area is 177 Å². The number of benzene rings is 2. The molecule has 7 heteroatoms. The van der Waals surface area contributed by atoms with Gasteiger partial charge in [-0.15, -0.1) is 11.8 Å². The van der Waals surface area contributed by atoms with Gasteiger partial charge >= 0.3 is 0 Å². The molecule has 4 rings (SSSR count). The number of H-pyrrole nitrogens is 1. The van der Waals surface area contributed by atoms with Gasteiger partial charge in [0.2, 0.25) is 5.91 Å². The SMILES string of the molecule is CSc1ccc(C2CC(=O)Nc3nc(SCc4ccccc4C)[nH]c(=O)c32)cc1. The molecule has 5 nitrogen and oxygen atoms in total. The van der Waals surface area contributed by atoms with Crippen LogP contribution >= 0.6 is 23.5 Å². The van der Waals surface area contributed by atoms with Crippen LogP contribution in [0.3, 0.4) is 0 Å². The minimum absolute atomic E-state index is 0.121. The summed E-state index contributed by atoms with van der Waals surface area (Å²) in [6, 6.07) is 16.1. The van der Waals surface area contributed by atoms with Gasteiger partial charge in [0.15, 0.2) is 5.16 Å². The summed E-state index contributed by atoms with van der Waals surface area (Å²) < 4.78 is 0. The van der Waals surface area contributed by atoms with E-state index in [0.29, 0.717) is 22.3 Å². The average molecular weight is 424 g/mol. The molecule has 148 valence electrons. The highest BCUT2D eigenvalue weighted by Gasteiger charge is 2.30. The van der Waals surface area contributed by atoms with Gasteiger partial charge in [0.25, 0.3) is 5.56 Å². The van der Waals surface area contributed by atoms with E-state index < -0.39 is 0 Å². The summed E-state index contributed by atoms with van der Waals surface area (Å²) in [6.45, 7) is 2.06. The van der Waals surface area contributed by atoms with E-state index in [2.05, 4.69) is 34.3 Å². The predicted molar refractivity (Wildman–Crippen MR) is 119 cm³/mol. The highest BCUT2D eigenvalue weighted by Crippen LogP contribution is 2.35. The number of aromatic amines is 1. The maximum atomic E-state index is 12.9. The monoisotopic (exact) mass is 423 g/mol. The second-order valence-corrected chi connectivity index (χ2v) is 8.77. The fourth-order valence-corrected chi connectivity index (χ4v) is 4.80. The Bertz CT molecular complexity index is 1110. The molecular formula is C22H21N3O2S2. The van der Waals surface area contributed by atoms with Crippen molar-refractivity contribution in [2.24, 2.45) is 0 Å². The number of fused-ring (bicyclic) bond motifs is 1. The molecule has 1 unspecified atom stereocenters. The topological polar surface area (TPSA) is 74.8 Å². The Morgan fingerprint density at radius 1 is 1.10 bits per heavy atom. The molecule has 0 saturated heterocycles. The summed E-state index contributed by atoms with van der Waals surface area (Å²) in [6.07, 6.45) is 2.26. The van der Waals surface area contributed by atoms with Crippen LogP contribution in [0.4, 0.5) is 5.82 Å². The highest BCUT2D eigenvalue weighted by atomic mass is 32.2. The molecule has 0 aliphatic carbocycles. The van der Waals surface area contributed by atoms with Gasteiger partial charge in [-0.2, -0.15) is 0 Å². The van der Waals surface area contributed by atoms with Crippen LogP contribution in [0, 0.1) is 6.92 Å². The van der Waals surface area contributed by atoms with Crippen molar-refractivity contribution in [2.45, 2.75) is 35.1 Å². The Hall–Kier alpha value is -2.51. The molecule has 2 heterocycles. The molecule has 1 aliphatic heterocycles. The van der Waals surface area contributed by atoms with E-state index in [1.165, 1.54) is 22.9 Å². The lowest BCUT2D eigenvalue weighted by Crippen LogP contribution is -2.31. The normalized spacial score (nSPS) is 15.7. The second-order valence-electron chi connectivity index (χ2n) is 6.93. The van der Waals surface area contributed by atoms with Crippen molar-refractivity contribution in [3.05, 3.63) is 81.1 Å². The Morgan fingerprint density at radius 2 is 1.86 bits per heavy atom. The average Bonchev–Trinajstić information content (AvgIpc) is 2.72. The quantitative estimate of drug-likeness (QED) is 0.465. The summed E-state index contributed by atoms with van der Waals surface area (Å²) >= 11 is 3.11. The van der Waals surface area contributed by atoms with E-state index in [4.69, 9.17) is 0 Å². The summed E-state index contributed by atoms with van der Waals surface area (Å²) in [5.74, 6) is 0.656. The van der Waals surface area contributed by atoms with Gasteiger partial charge in [-0.3, -0.25) is 9.59 Å². The summed E-state index contributed by atoms with van der Waals surface area (Å²) in [5.41, 5.74) is 3.67. The number of hydrogen-bond donors (Lipinski definition) is 2. The van der Waals surface area contributed by atoms with E-state index in [9.17, 15) is 9.59 Å². The van der Waals surface area contributed by atoms with E-state index >= 15 is 0 Å². The molecule has 0 fully saturated rings. The van der Waals surface area contributed by atoms with E-state index in [0.717, 1.165) is 10.5 Å². The molecule has 1 aliphatic rings. The van der Waals surface area contributed by atoms with Gasteiger partial charge in [-0.05, 0) is 42.0 Å². The van der Waals surface area contributed by atoms with Gasteiger partial charge < -0.3 is 10.3 Å². The van der Waals surface area contributed by atoms with Gasteiger partial charge in [0.05, 0.1) is 5.56 Å². The first kappa shape index (κ1) is 19.8. The van der Waals surface area contributed by atoms with Crippen molar-refractivity contribution in [2.75, 3.05) is 11.6 Å². The van der Waals surface area contributed by atoms with Gasteiger partial charge in [0.1, 0.15) is 5.82 Å².